The van der Waals surface area contributed by atoms with Gasteiger partial charge in [0.2, 0.25) is 5.91 Å². The summed E-state index contributed by atoms with van der Waals surface area (Å²) in [6, 6.07) is 15.2. The molecule has 0 atom stereocenters. The highest BCUT2D eigenvalue weighted by atomic mass is 32.2. The number of hydrogen-bond acceptors (Lipinski definition) is 4. The average Bonchev–Trinajstić information content (AvgIpc) is 2.72. The molecule has 0 saturated carbocycles. The molecule has 1 aromatic heterocycles. The smallest absolute Gasteiger partial charge is 0.262 e. The monoisotopic (exact) mass is 409 g/mol. The molecular formula is C23H27N3O2S. The molecule has 1 amide bonds. The van der Waals surface area contributed by atoms with Gasteiger partial charge >= 0.3 is 0 Å². The first-order chi connectivity index (χ1) is 14.0. The van der Waals surface area contributed by atoms with Crippen molar-refractivity contribution in [2.45, 2.75) is 45.3 Å². The molecule has 1 heterocycles. The number of nitrogens with one attached hydrogen (secondary N) is 1. The Morgan fingerprint density at radius 3 is 2.62 bits per heavy atom. The maximum atomic E-state index is 13.0. The van der Waals surface area contributed by atoms with Crippen LogP contribution in [0, 0.1) is 5.92 Å². The number of carbonyl (C=O) groups excluding carboxylic acids is 1. The molecular weight excluding hydrogens is 382 g/mol. The molecule has 1 N–H and O–H groups in total. The summed E-state index contributed by atoms with van der Waals surface area (Å²) in [4.78, 5) is 30.2. The molecule has 0 aliphatic carbocycles. The highest BCUT2D eigenvalue weighted by Gasteiger charge is 2.14. The third kappa shape index (κ3) is 5.26. The summed E-state index contributed by atoms with van der Waals surface area (Å²) in [6.45, 7) is 6.92. The van der Waals surface area contributed by atoms with Gasteiger partial charge in [-0.2, -0.15) is 0 Å². The second-order valence-corrected chi connectivity index (χ2v) is 8.34. The summed E-state index contributed by atoms with van der Waals surface area (Å²) in [5, 5.41) is 4.18. The Kier molecular flexibility index (Phi) is 7.09. The van der Waals surface area contributed by atoms with Gasteiger partial charge in [-0.25, -0.2) is 4.98 Å². The van der Waals surface area contributed by atoms with Crippen LogP contribution in [0.2, 0.25) is 0 Å². The van der Waals surface area contributed by atoms with Crippen molar-refractivity contribution in [3.05, 3.63) is 64.4 Å². The van der Waals surface area contributed by atoms with Gasteiger partial charge < -0.3 is 5.32 Å². The van der Waals surface area contributed by atoms with Crippen LogP contribution in [0.15, 0.2) is 58.5 Å². The molecule has 0 bridgehead atoms. The Hall–Kier alpha value is -2.60. The van der Waals surface area contributed by atoms with Crippen LogP contribution in [0.25, 0.3) is 10.9 Å². The van der Waals surface area contributed by atoms with E-state index in [2.05, 4.69) is 31.1 Å². The van der Waals surface area contributed by atoms with Crippen molar-refractivity contribution in [2.75, 3.05) is 11.1 Å². The summed E-state index contributed by atoms with van der Waals surface area (Å²) >= 11 is 1.31. The molecule has 0 radical (unpaired) electrons. The second kappa shape index (κ2) is 9.74. The van der Waals surface area contributed by atoms with Gasteiger partial charge in [-0.05, 0) is 42.5 Å². The summed E-state index contributed by atoms with van der Waals surface area (Å²) < 4.78 is 1.71. The minimum Gasteiger partial charge on any atom is -0.325 e. The maximum Gasteiger partial charge on any atom is 0.262 e. The van der Waals surface area contributed by atoms with E-state index in [1.165, 1.54) is 11.8 Å². The molecule has 0 saturated heterocycles. The number of anilines is 1. The molecule has 0 aliphatic rings. The zero-order valence-corrected chi connectivity index (χ0v) is 18.0. The van der Waals surface area contributed by atoms with Gasteiger partial charge in [0.25, 0.3) is 5.56 Å². The predicted molar refractivity (Wildman–Crippen MR) is 121 cm³/mol. The molecule has 3 aromatic rings. The normalized spacial score (nSPS) is 11.2. The van der Waals surface area contributed by atoms with Crippen LogP contribution in [0.4, 0.5) is 5.69 Å². The van der Waals surface area contributed by atoms with Crippen molar-refractivity contribution in [2.24, 2.45) is 5.92 Å². The van der Waals surface area contributed by atoms with E-state index in [1.807, 2.05) is 42.5 Å². The minimum absolute atomic E-state index is 0.0458. The Morgan fingerprint density at radius 2 is 1.86 bits per heavy atom. The summed E-state index contributed by atoms with van der Waals surface area (Å²) in [7, 11) is 0. The molecule has 2 aromatic carbocycles. The van der Waals surface area contributed by atoms with Crippen LogP contribution in [-0.4, -0.2) is 21.2 Å². The van der Waals surface area contributed by atoms with E-state index in [0.717, 1.165) is 24.1 Å². The number of nitrogens with zero attached hydrogens (tertiary/aromatic N) is 2. The summed E-state index contributed by atoms with van der Waals surface area (Å²) in [5.41, 5.74) is 2.56. The lowest BCUT2D eigenvalue weighted by molar-refractivity contribution is -0.113. The summed E-state index contributed by atoms with van der Waals surface area (Å²) in [5.74, 6) is 0.568. The number of thioether (sulfide) groups is 1. The summed E-state index contributed by atoms with van der Waals surface area (Å²) in [6.07, 6.45) is 1.73. The highest BCUT2D eigenvalue weighted by molar-refractivity contribution is 7.99. The number of rotatable bonds is 8. The topological polar surface area (TPSA) is 64.0 Å². The van der Waals surface area contributed by atoms with Crippen molar-refractivity contribution in [1.29, 1.82) is 0 Å². The number of aryl methyl sites for hydroxylation is 1. The Labute approximate surface area is 175 Å². The van der Waals surface area contributed by atoms with Gasteiger partial charge in [0.15, 0.2) is 5.16 Å². The third-order valence-corrected chi connectivity index (χ3v) is 5.74. The van der Waals surface area contributed by atoms with Gasteiger partial charge in [0.1, 0.15) is 0 Å². The Bertz CT molecular complexity index is 1060. The SMILES string of the molecule is CCc1ccccc1NC(=O)CSc1nc2ccccc2c(=O)n1CCC(C)C. The highest BCUT2D eigenvalue weighted by Crippen LogP contribution is 2.20. The van der Waals surface area contributed by atoms with E-state index in [9.17, 15) is 9.59 Å². The van der Waals surface area contributed by atoms with Crippen molar-refractivity contribution >= 4 is 34.3 Å². The molecule has 3 rings (SSSR count). The molecule has 6 heteroatoms. The number of para-hydroxylation sites is 2. The number of fused-ring (bicyclic) bond motifs is 1. The van der Waals surface area contributed by atoms with Crippen LogP contribution in [0.5, 0.6) is 0 Å². The number of hydrogen-bond donors (Lipinski definition) is 1. The van der Waals surface area contributed by atoms with Crippen molar-refractivity contribution in [3.63, 3.8) is 0 Å². The van der Waals surface area contributed by atoms with E-state index in [4.69, 9.17) is 0 Å². The van der Waals surface area contributed by atoms with Crippen molar-refractivity contribution in [1.82, 2.24) is 9.55 Å². The number of carbonyl (C=O) groups is 1. The largest absolute Gasteiger partial charge is 0.325 e. The molecule has 0 unspecified atom stereocenters. The third-order valence-electron chi connectivity index (χ3n) is 4.76. The first-order valence-electron chi connectivity index (χ1n) is 9.99. The van der Waals surface area contributed by atoms with E-state index in [1.54, 1.807) is 10.6 Å². The maximum absolute atomic E-state index is 13.0. The number of benzene rings is 2. The fourth-order valence-corrected chi connectivity index (χ4v) is 3.93. The number of amides is 1. The van der Waals surface area contributed by atoms with Crippen LogP contribution in [0.1, 0.15) is 32.8 Å². The van der Waals surface area contributed by atoms with Gasteiger partial charge in [-0.1, -0.05) is 62.9 Å². The van der Waals surface area contributed by atoms with E-state index >= 15 is 0 Å². The van der Waals surface area contributed by atoms with Crippen LogP contribution >= 0.6 is 11.8 Å². The van der Waals surface area contributed by atoms with Crippen molar-refractivity contribution in [3.8, 4) is 0 Å². The van der Waals surface area contributed by atoms with E-state index in [0.29, 0.717) is 28.5 Å². The van der Waals surface area contributed by atoms with E-state index < -0.39 is 0 Å². The van der Waals surface area contributed by atoms with Gasteiger partial charge in [0, 0.05) is 12.2 Å². The molecule has 0 aliphatic heterocycles. The lowest BCUT2D eigenvalue weighted by atomic mass is 10.1. The Balaban J connectivity index is 1.81. The fraction of sp³-hybridized carbons (Fsp3) is 0.348. The molecule has 0 fully saturated rings. The standard InChI is InChI=1S/C23H27N3O2S/c1-4-17-9-5-7-11-19(17)24-21(27)15-29-23-25-20-12-8-6-10-18(20)22(28)26(23)14-13-16(2)3/h5-12,16H,4,13-15H2,1-3H3,(H,24,27). The second-order valence-electron chi connectivity index (χ2n) is 7.40. The minimum atomic E-state index is -0.103. The lowest BCUT2D eigenvalue weighted by Gasteiger charge is -2.14. The quantitative estimate of drug-likeness (QED) is 0.431. The first kappa shape index (κ1) is 21.1. The zero-order valence-electron chi connectivity index (χ0n) is 17.1. The van der Waals surface area contributed by atoms with Crippen LogP contribution < -0.4 is 10.9 Å². The molecule has 29 heavy (non-hydrogen) atoms. The van der Waals surface area contributed by atoms with Gasteiger partial charge in [0.05, 0.1) is 16.7 Å². The average molecular weight is 410 g/mol. The van der Waals surface area contributed by atoms with Crippen molar-refractivity contribution < 1.29 is 4.79 Å². The zero-order chi connectivity index (χ0) is 20.8. The van der Waals surface area contributed by atoms with Crippen LogP contribution in [-0.2, 0) is 17.8 Å². The molecule has 5 nitrogen and oxygen atoms in total. The molecule has 0 spiro atoms. The first-order valence-corrected chi connectivity index (χ1v) is 11.0. The number of aromatic nitrogens is 2. The predicted octanol–water partition coefficient (Wildman–Crippen LogP) is 4.74. The lowest BCUT2D eigenvalue weighted by Crippen LogP contribution is -2.25. The Morgan fingerprint density at radius 1 is 1.14 bits per heavy atom. The van der Waals surface area contributed by atoms with Gasteiger partial charge in [-0.15, -0.1) is 0 Å². The van der Waals surface area contributed by atoms with Crippen LogP contribution in [0.3, 0.4) is 0 Å². The van der Waals surface area contributed by atoms with E-state index in [-0.39, 0.29) is 17.2 Å². The van der Waals surface area contributed by atoms with Gasteiger partial charge in [-0.3, -0.25) is 14.2 Å². The molecule has 152 valence electrons. The fourth-order valence-electron chi connectivity index (χ4n) is 3.11.